The lowest BCUT2D eigenvalue weighted by atomic mass is 10.0. The number of para-hydroxylation sites is 1. The number of ether oxygens (including phenoxy) is 1. The molecule has 120 valence electrons. The second kappa shape index (κ2) is 7.06. The van der Waals surface area contributed by atoms with Gasteiger partial charge in [0.1, 0.15) is 11.5 Å². The number of nitrogens with two attached hydrogens (primary N) is 1. The van der Waals surface area contributed by atoms with Crippen LogP contribution in [0.15, 0.2) is 59.5 Å². The lowest BCUT2D eigenvalue weighted by Gasteiger charge is -2.32. The molecule has 1 atom stereocenters. The quantitative estimate of drug-likeness (QED) is 0.885. The highest BCUT2D eigenvalue weighted by atomic mass is 32.2. The monoisotopic (exact) mass is 328 g/mol. The summed E-state index contributed by atoms with van der Waals surface area (Å²) in [6.45, 7) is 0.720. The third-order valence-corrected chi connectivity index (χ3v) is 5.21. The van der Waals surface area contributed by atoms with Gasteiger partial charge in [-0.15, -0.1) is 0 Å². The van der Waals surface area contributed by atoms with Crippen LogP contribution in [0, 0.1) is 0 Å². The maximum atomic E-state index is 11.2. The molecule has 1 aliphatic heterocycles. The van der Waals surface area contributed by atoms with Crippen LogP contribution in [0.4, 0.5) is 5.69 Å². The average Bonchev–Trinajstić information content (AvgIpc) is 2.73. The number of hydrogen-bond acceptors (Lipinski definition) is 4. The number of nitrogens with one attached hydrogen (secondary N) is 1. The molecule has 4 nitrogen and oxygen atoms in total. The van der Waals surface area contributed by atoms with Gasteiger partial charge in [-0.3, -0.25) is 4.79 Å². The van der Waals surface area contributed by atoms with E-state index in [1.54, 1.807) is 11.8 Å². The van der Waals surface area contributed by atoms with Crippen molar-refractivity contribution < 1.29 is 9.53 Å². The highest BCUT2D eigenvalue weighted by Crippen LogP contribution is 2.44. The maximum Gasteiger partial charge on any atom is 0.243 e. The highest BCUT2D eigenvalue weighted by molar-refractivity contribution is 8.00. The fourth-order valence-corrected chi connectivity index (χ4v) is 4.09. The summed E-state index contributed by atoms with van der Waals surface area (Å²) in [6, 6.07) is 18.4. The van der Waals surface area contributed by atoms with Crippen LogP contribution in [-0.2, 0) is 16.0 Å². The van der Waals surface area contributed by atoms with E-state index < -0.39 is 10.8 Å². The first kappa shape index (κ1) is 15.9. The predicted octanol–water partition coefficient (Wildman–Crippen LogP) is 3.04. The molecule has 3 rings (SSSR count). The zero-order valence-electron chi connectivity index (χ0n) is 12.8. The summed E-state index contributed by atoms with van der Waals surface area (Å²) in [5.41, 5.74) is 7.60. The second-order valence-corrected chi connectivity index (χ2v) is 6.99. The number of carbonyl (C=O) groups excluding carboxylic acids is 1. The molecule has 2 aromatic rings. The SMILES string of the molecule is NC(=O)COC1(Cc2ccccc2)CCNc2ccccc2S1. The number of hydrogen-bond donors (Lipinski definition) is 2. The Labute approximate surface area is 140 Å². The average molecular weight is 328 g/mol. The second-order valence-electron chi connectivity index (χ2n) is 5.60. The van der Waals surface area contributed by atoms with E-state index >= 15 is 0 Å². The molecular formula is C18H20N2O2S. The van der Waals surface area contributed by atoms with Gasteiger partial charge in [0.25, 0.3) is 0 Å². The zero-order valence-corrected chi connectivity index (χ0v) is 13.6. The molecule has 1 heterocycles. The van der Waals surface area contributed by atoms with E-state index in [9.17, 15) is 4.79 Å². The highest BCUT2D eigenvalue weighted by Gasteiger charge is 2.35. The molecule has 0 aliphatic carbocycles. The molecule has 0 bridgehead atoms. The van der Waals surface area contributed by atoms with Crippen molar-refractivity contribution in [2.24, 2.45) is 5.73 Å². The summed E-state index contributed by atoms with van der Waals surface area (Å²) < 4.78 is 6.02. The first-order valence-electron chi connectivity index (χ1n) is 7.65. The minimum absolute atomic E-state index is 0.0675. The molecule has 1 unspecified atom stereocenters. The molecule has 23 heavy (non-hydrogen) atoms. The fraction of sp³-hybridized carbons (Fsp3) is 0.278. The molecule has 3 N–H and O–H groups in total. The number of anilines is 1. The number of thioether (sulfide) groups is 1. The van der Waals surface area contributed by atoms with Crippen molar-refractivity contribution in [1.29, 1.82) is 0 Å². The van der Waals surface area contributed by atoms with E-state index in [0.717, 1.165) is 30.0 Å². The van der Waals surface area contributed by atoms with Crippen molar-refractivity contribution in [2.45, 2.75) is 22.7 Å². The first-order valence-corrected chi connectivity index (χ1v) is 8.47. The summed E-state index contributed by atoms with van der Waals surface area (Å²) in [7, 11) is 0. The van der Waals surface area contributed by atoms with Gasteiger partial charge in [0.2, 0.25) is 5.91 Å². The van der Waals surface area contributed by atoms with E-state index in [2.05, 4.69) is 29.6 Å². The molecule has 1 amide bonds. The minimum Gasteiger partial charge on any atom is -0.384 e. The molecule has 0 spiro atoms. The van der Waals surface area contributed by atoms with Gasteiger partial charge in [-0.05, 0) is 17.7 Å². The third kappa shape index (κ3) is 4.06. The topological polar surface area (TPSA) is 64.4 Å². The molecule has 0 saturated heterocycles. The van der Waals surface area contributed by atoms with E-state index in [4.69, 9.17) is 10.5 Å². The molecule has 1 aliphatic rings. The summed E-state index contributed by atoms with van der Waals surface area (Å²) in [5, 5.41) is 3.44. The zero-order chi connectivity index (χ0) is 16.1. The number of carbonyl (C=O) groups is 1. The molecule has 2 aromatic carbocycles. The van der Waals surface area contributed by atoms with Gasteiger partial charge in [-0.1, -0.05) is 54.2 Å². The van der Waals surface area contributed by atoms with Crippen LogP contribution < -0.4 is 11.1 Å². The lowest BCUT2D eigenvalue weighted by molar-refractivity contribution is -0.125. The van der Waals surface area contributed by atoms with Crippen molar-refractivity contribution >= 4 is 23.4 Å². The Morgan fingerprint density at radius 3 is 2.70 bits per heavy atom. The van der Waals surface area contributed by atoms with Crippen LogP contribution in [0.1, 0.15) is 12.0 Å². The molecule has 0 radical (unpaired) electrons. The van der Waals surface area contributed by atoms with Crippen LogP contribution >= 0.6 is 11.8 Å². The summed E-state index contributed by atoms with van der Waals surface area (Å²) in [6.07, 6.45) is 1.51. The maximum absolute atomic E-state index is 11.2. The Morgan fingerprint density at radius 1 is 1.17 bits per heavy atom. The minimum atomic E-state index is -0.504. The van der Waals surface area contributed by atoms with E-state index in [0.29, 0.717) is 0 Å². The lowest BCUT2D eigenvalue weighted by Crippen LogP contribution is -2.36. The Balaban J connectivity index is 1.90. The van der Waals surface area contributed by atoms with Gasteiger partial charge in [-0.2, -0.15) is 0 Å². The number of rotatable bonds is 5. The predicted molar refractivity (Wildman–Crippen MR) is 93.4 cm³/mol. The van der Waals surface area contributed by atoms with Crippen LogP contribution in [0.5, 0.6) is 0 Å². The Morgan fingerprint density at radius 2 is 1.91 bits per heavy atom. The third-order valence-electron chi connectivity index (χ3n) is 3.80. The van der Waals surface area contributed by atoms with Crippen molar-refractivity contribution in [1.82, 2.24) is 0 Å². The standard InChI is InChI=1S/C18H20N2O2S/c19-17(21)13-22-18(12-14-6-2-1-3-7-14)10-11-20-15-8-4-5-9-16(15)23-18/h1-9,20H,10-13H2,(H2,19,21). The Hall–Kier alpha value is -1.98. The normalized spacial score (nSPS) is 20.2. The van der Waals surface area contributed by atoms with E-state index in [-0.39, 0.29) is 6.61 Å². The molecule has 0 fully saturated rings. The van der Waals surface area contributed by atoms with E-state index in [1.165, 1.54) is 5.56 Å². The molecule has 0 aromatic heterocycles. The van der Waals surface area contributed by atoms with E-state index in [1.807, 2.05) is 30.3 Å². The van der Waals surface area contributed by atoms with Gasteiger partial charge in [0, 0.05) is 30.0 Å². The van der Waals surface area contributed by atoms with Gasteiger partial charge in [0.15, 0.2) is 0 Å². The van der Waals surface area contributed by atoms with Crippen molar-refractivity contribution in [2.75, 3.05) is 18.5 Å². The molecule has 0 saturated carbocycles. The van der Waals surface area contributed by atoms with Gasteiger partial charge in [0.05, 0.1) is 0 Å². The summed E-state index contributed by atoms with van der Waals surface area (Å²) >= 11 is 1.67. The summed E-state index contributed by atoms with van der Waals surface area (Å²) in [5.74, 6) is -0.441. The Bertz CT molecular complexity index is 678. The van der Waals surface area contributed by atoms with Crippen LogP contribution in [-0.4, -0.2) is 24.0 Å². The van der Waals surface area contributed by atoms with Crippen LogP contribution in [0.3, 0.4) is 0 Å². The number of benzene rings is 2. The summed E-state index contributed by atoms with van der Waals surface area (Å²) in [4.78, 5) is 11.9. The molecule has 5 heteroatoms. The number of primary amides is 1. The van der Waals surface area contributed by atoms with Crippen LogP contribution in [0.2, 0.25) is 0 Å². The van der Waals surface area contributed by atoms with Gasteiger partial charge in [-0.25, -0.2) is 0 Å². The van der Waals surface area contributed by atoms with Gasteiger partial charge >= 0.3 is 0 Å². The largest absolute Gasteiger partial charge is 0.384 e. The number of fused-ring (bicyclic) bond motifs is 1. The van der Waals surface area contributed by atoms with Crippen molar-refractivity contribution in [3.05, 3.63) is 60.2 Å². The first-order chi connectivity index (χ1) is 11.2. The smallest absolute Gasteiger partial charge is 0.243 e. The molecular weight excluding hydrogens is 308 g/mol. The Kier molecular flexibility index (Phi) is 4.88. The van der Waals surface area contributed by atoms with Gasteiger partial charge < -0.3 is 15.8 Å². The van der Waals surface area contributed by atoms with Crippen LogP contribution in [0.25, 0.3) is 0 Å². The van der Waals surface area contributed by atoms with Crippen molar-refractivity contribution in [3.8, 4) is 0 Å². The fourth-order valence-electron chi connectivity index (χ4n) is 2.73. The number of amides is 1. The van der Waals surface area contributed by atoms with Crippen molar-refractivity contribution in [3.63, 3.8) is 0 Å².